The Morgan fingerprint density at radius 2 is 1.73 bits per heavy atom. The Kier molecular flexibility index (Phi) is 8.90. The molecular formula is C26H28F6N2O6. The van der Waals surface area contributed by atoms with Gasteiger partial charge < -0.3 is 19.5 Å². The van der Waals surface area contributed by atoms with Gasteiger partial charge in [0.1, 0.15) is 17.4 Å². The first-order valence-electron chi connectivity index (χ1n) is 12.4. The number of carboxylic acid groups (broad SMARTS) is 1. The second kappa shape index (κ2) is 11.5. The molecule has 2 unspecified atom stereocenters. The van der Waals surface area contributed by atoms with Gasteiger partial charge in [0.25, 0.3) is 0 Å². The van der Waals surface area contributed by atoms with E-state index < -0.39 is 83.3 Å². The minimum absolute atomic E-state index is 0.0751. The van der Waals surface area contributed by atoms with E-state index in [2.05, 4.69) is 4.98 Å². The Balaban J connectivity index is 2.27. The van der Waals surface area contributed by atoms with Gasteiger partial charge in [-0.15, -0.1) is 0 Å². The van der Waals surface area contributed by atoms with Gasteiger partial charge in [0.05, 0.1) is 30.0 Å². The number of rotatable bonds is 6. The summed E-state index contributed by atoms with van der Waals surface area (Å²) in [7, 11) is 0. The summed E-state index contributed by atoms with van der Waals surface area (Å²) in [6.07, 6.45) is -13.0. The third-order valence-corrected chi connectivity index (χ3v) is 6.10. The molecule has 1 aliphatic heterocycles. The third-order valence-electron chi connectivity index (χ3n) is 6.10. The number of carbonyl (C=O) groups is 3. The maximum absolute atomic E-state index is 13.9. The molecule has 1 aromatic carbocycles. The van der Waals surface area contributed by atoms with E-state index in [0.717, 1.165) is 12.1 Å². The third kappa shape index (κ3) is 7.54. The van der Waals surface area contributed by atoms with Crippen LogP contribution in [0.25, 0.3) is 10.9 Å². The molecule has 3 rings (SSSR count). The lowest BCUT2D eigenvalue weighted by molar-refractivity contribution is -0.156. The van der Waals surface area contributed by atoms with Crippen molar-refractivity contribution in [3.05, 3.63) is 41.1 Å². The van der Waals surface area contributed by atoms with Crippen LogP contribution in [-0.2, 0) is 31.4 Å². The molecule has 1 saturated heterocycles. The van der Waals surface area contributed by atoms with Crippen molar-refractivity contribution in [2.75, 3.05) is 6.54 Å². The van der Waals surface area contributed by atoms with Crippen molar-refractivity contribution >= 4 is 28.9 Å². The van der Waals surface area contributed by atoms with Gasteiger partial charge in [0.15, 0.2) is 0 Å². The minimum Gasteiger partial charge on any atom is -0.481 e. The average Bonchev–Trinajstić information content (AvgIpc) is 2.83. The van der Waals surface area contributed by atoms with Crippen LogP contribution in [0.4, 0.5) is 31.1 Å². The molecule has 2 heterocycles. The zero-order valence-corrected chi connectivity index (χ0v) is 21.9. The van der Waals surface area contributed by atoms with Crippen LogP contribution in [-0.4, -0.2) is 51.2 Å². The number of nitrogens with zero attached hydrogens (tertiary/aromatic N) is 2. The van der Waals surface area contributed by atoms with Crippen LogP contribution < -0.4 is 0 Å². The lowest BCUT2D eigenvalue weighted by Crippen LogP contribution is -2.49. The number of hydrogen-bond donors (Lipinski definition) is 1. The van der Waals surface area contributed by atoms with Crippen LogP contribution in [0.1, 0.15) is 75.8 Å². The lowest BCUT2D eigenvalue weighted by Gasteiger charge is -2.40. The number of aromatic nitrogens is 1. The first-order valence-corrected chi connectivity index (χ1v) is 12.4. The van der Waals surface area contributed by atoms with Crippen LogP contribution >= 0.6 is 0 Å². The molecule has 14 heteroatoms. The first-order chi connectivity index (χ1) is 18.4. The SMILES string of the molecule is CC(C)(C)OC(=O)N1CCCCC1C(OC(=O)CCC(=O)O)c1cc(C(F)(F)F)nc2c(C(F)(F)F)cccc12. The fourth-order valence-corrected chi connectivity index (χ4v) is 4.46. The zero-order valence-electron chi connectivity index (χ0n) is 21.9. The van der Waals surface area contributed by atoms with Gasteiger partial charge in [-0.3, -0.25) is 9.59 Å². The fraction of sp³-hybridized carbons (Fsp3) is 0.538. The second-order valence-electron chi connectivity index (χ2n) is 10.3. The van der Waals surface area contributed by atoms with Crippen LogP contribution in [0.5, 0.6) is 0 Å². The Hall–Kier alpha value is -3.58. The number of para-hydroxylation sites is 1. The monoisotopic (exact) mass is 578 g/mol. The average molecular weight is 579 g/mol. The van der Waals surface area contributed by atoms with E-state index in [1.165, 1.54) is 4.90 Å². The molecule has 0 bridgehead atoms. The molecule has 0 saturated carbocycles. The maximum Gasteiger partial charge on any atom is 0.433 e. The highest BCUT2D eigenvalue weighted by atomic mass is 19.4. The molecule has 2 atom stereocenters. The van der Waals surface area contributed by atoms with E-state index in [-0.39, 0.29) is 18.4 Å². The van der Waals surface area contributed by atoms with Crippen LogP contribution in [0, 0.1) is 0 Å². The predicted molar refractivity (Wildman–Crippen MR) is 128 cm³/mol. The normalized spacial score (nSPS) is 17.4. The highest BCUT2D eigenvalue weighted by molar-refractivity contribution is 5.87. The van der Waals surface area contributed by atoms with E-state index in [1.54, 1.807) is 20.8 Å². The largest absolute Gasteiger partial charge is 0.481 e. The smallest absolute Gasteiger partial charge is 0.433 e. The van der Waals surface area contributed by atoms with Crippen LogP contribution in [0.3, 0.4) is 0 Å². The van der Waals surface area contributed by atoms with Crippen LogP contribution in [0.15, 0.2) is 24.3 Å². The number of ether oxygens (including phenoxy) is 2. The van der Waals surface area contributed by atoms with Gasteiger partial charge in [0.2, 0.25) is 0 Å². The van der Waals surface area contributed by atoms with Gasteiger partial charge in [-0.2, -0.15) is 26.3 Å². The van der Waals surface area contributed by atoms with Crippen molar-refractivity contribution in [3.8, 4) is 0 Å². The van der Waals surface area contributed by atoms with Crippen molar-refractivity contribution in [1.29, 1.82) is 0 Å². The molecule has 1 aromatic heterocycles. The molecule has 0 spiro atoms. The van der Waals surface area contributed by atoms with E-state index in [9.17, 15) is 40.7 Å². The van der Waals surface area contributed by atoms with E-state index in [4.69, 9.17) is 14.6 Å². The number of piperidine rings is 1. The summed E-state index contributed by atoms with van der Waals surface area (Å²) in [5.74, 6) is -2.46. The minimum atomic E-state index is -5.17. The fourth-order valence-electron chi connectivity index (χ4n) is 4.46. The molecule has 8 nitrogen and oxygen atoms in total. The molecule has 1 aliphatic rings. The van der Waals surface area contributed by atoms with Gasteiger partial charge in [-0.1, -0.05) is 12.1 Å². The Bertz CT molecular complexity index is 1270. The molecule has 1 N–H and O–H groups in total. The highest BCUT2D eigenvalue weighted by Crippen LogP contribution is 2.42. The molecule has 0 aliphatic carbocycles. The number of carbonyl (C=O) groups excluding carboxylic acids is 2. The topological polar surface area (TPSA) is 106 Å². The van der Waals surface area contributed by atoms with Crippen molar-refractivity contribution in [1.82, 2.24) is 9.88 Å². The number of alkyl halides is 6. The van der Waals surface area contributed by atoms with Crippen molar-refractivity contribution in [2.24, 2.45) is 0 Å². The second-order valence-corrected chi connectivity index (χ2v) is 10.3. The van der Waals surface area contributed by atoms with Gasteiger partial charge in [0, 0.05) is 17.5 Å². The van der Waals surface area contributed by atoms with Gasteiger partial charge in [-0.25, -0.2) is 9.78 Å². The molecular weight excluding hydrogens is 550 g/mol. The number of amides is 1. The summed E-state index contributed by atoms with van der Waals surface area (Å²) < 4.78 is 94.1. The summed E-state index contributed by atoms with van der Waals surface area (Å²) in [5.41, 5.74) is -5.50. The zero-order chi connectivity index (χ0) is 30.0. The summed E-state index contributed by atoms with van der Waals surface area (Å²) >= 11 is 0. The predicted octanol–water partition coefficient (Wildman–Crippen LogP) is 6.51. The quantitative estimate of drug-likeness (QED) is 0.308. The number of likely N-dealkylation sites (tertiary alicyclic amines) is 1. The number of halogens is 6. The lowest BCUT2D eigenvalue weighted by atomic mass is 9.90. The summed E-state index contributed by atoms with van der Waals surface area (Å²) in [6, 6.07) is 2.06. The number of fused-ring (bicyclic) bond motifs is 1. The molecule has 40 heavy (non-hydrogen) atoms. The van der Waals surface area contributed by atoms with Gasteiger partial charge in [-0.05, 0) is 52.2 Å². The van der Waals surface area contributed by atoms with Crippen LogP contribution in [0.2, 0.25) is 0 Å². The van der Waals surface area contributed by atoms with E-state index >= 15 is 0 Å². The molecule has 1 amide bonds. The summed E-state index contributed by atoms with van der Waals surface area (Å²) in [5, 5.41) is 8.58. The van der Waals surface area contributed by atoms with Crippen molar-refractivity contribution < 1.29 is 55.3 Å². The molecule has 220 valence electrons. The molecule has 0 radical (unpaired) electrons. The standard InChI is InChI=1S/C26H28F6N2O6/c1-24(2,3)40-23(38)34-12-5-4-9-17(34)22(39-20(37)11-10-19(35)36)15-13-18(26(30,31)32)33-21-14(15)7-6-8-16(21)25(27,28)29/h6-8,13,17,22H,4-5,9-12H2,1-3H3,(H,35,36). The number of benzene rings is 1. The number of esters is 1. The highest BCUT2D eigenvalue weighted by Gasteiger charge is 2.42. The molecule has 1 fully saturated rings. The van der Waals surface area contributed by atoms with Crippen molar-refractivity contribution in [3.63, 3.8) is 0 Å². The summed E-state index contributed by atoms with van der Waals surface area (Å²) in [6.45, 7) is 4.86. The number of hydrogen-bond acceptors (Lipinski definition) is 6. The molecule has 2 aromatic rings. The van der Waals surface area contributed by atoms with Gasteiger partial charge >= 0.3 is 30.4 Å². The first kappa shape index (κ1) is 31.0. The number of pyridine rings is 1. The Labute approximate surface area is 225 Å². The summed E-state index contributed by atoms with van der Waals surface area (Å²) in [4.78, 5) is 41.2. The number of carboxylic acids is 1. The Morgan fingerprint density at radius 1 is 1.05 bits per heavy atom. The van der Waals surface area contributed by atoms with E-state index in [0.29, 0.717) is 25.0 Å². The Morgan fingerprint density at radius 3 is 2.30 bits per heavy atom. The van der Waals surface area contributed by atoms with E-state index in [1.807, 2.05) is 0 Å². The maximum atomic E-state index is 13.9. The number of aliphatic carboxylic acids is 1. The van der Waals surface area contributed by atoms with Crippen molar-refractivity contribution in [2.45, 2.75) is 83.0 Å².